The highest BCUT2D eigenvalue weighted by Gasteiger charge is 2.32. The van der Waals surface area contributed by atoms with Crippen molar-refractivity contribution in [2.75, 3.05) is 0 Å². The van der Waals surface area contributed by atoms with Crippen molar-refractivity contribution in [3.05, 3.63) is 388 Å². The second-order valence-corrected chi connectivity index (χ2v) is 35.3. The predicted molar refractivity (Wildman–Crippen MR) is 532 cm³/mol. The zero-order valence-electron chi connectivity index (χ0n) is 68.2. The van der Waals surface area contributed by atoms with Gasteiger partial charge in [-0.1, -0.05) is 243 Å². The Morgan fingerprint density at radius 3 is 1.15 bits per heavy atom. The minimum absolute atomic E-state index is 0.531. The number of fused-ring (bicyclic) bond motifs is 32. The highest BCUT2D eigenvalue weighted by atomic mass is 32.1. The van der Waals surface area contributed by atoms with Gasteiger partial charge >= 0.3 is 0 Å². The van der Waals surface area contributed by atoms with Crippen molar-refractivity contribution < 1.29 is 4.42 Å². The van der Waals surface area contributed by atoms with Gasteiger partial charge in [0.1, 0.15) is 10.4 Å². The summed E-state index contributed by atoms with van der Waals surface area (Å²) in [6.45, 7) is 0. The number of benzene rings is 18. The van der Waals surface area contributed by atoms with E-state index in [-0.39, 0.29) is 0 Å². The molecule has 0 saturated carbocycles. The number of hydrogen-bond donors (Lipinski definition) is 0. The van der Waals surface area contributed by atoms with Gasteiger partial charge in [0.25, 0.3) is 0 Å². The fraction of sp³-hybridized carbons (Fsp3) is 0. The van der Waals surface area contributed by atoms with Crippen molar-refractivity contribution in [3.8, 4) is 79.2 Å². The van der Waals surface area contributed by atoms with Crippen LogP contribution in [0.4, 0.5) is 0 Å². The topological polar surface area (TPSA) is 93.2 Å². The van der Waals surface area contributed by atoms with Crippen LogP contribution in [0.1, 0.15) is 0 Å². The first-order valence-electron chi connectivity index (χ1n) is 43.6. The van der Waals surface area contributed by atoms with Gasteiger partial charge < -0.3 is 22.4 Å². The molecule has 128 heavy (non-hydrogen) atoms. The number of furan rings is 1. The Labute approximate surface area is 730 Å². The highest BCUT2D eigenvalue weighted by molar-refractivity contribution is 7.25. The Morgan fingerprint density at radius 1 is 0.203 bits per heavy atom. The second kappa shape index (κ2) is 25.3. The molecule has 0 aliphatic heterocycles. The first-order chi connectivity index (χ1) is 63.5. The molecule has 0 unspecified atom stereocenters. The summed E-state index contributed by atoms with van der Waals surface area (Å²) in [6.07, 6.45) is 0. The molecule has 12 aromatic heterocycles. The van der Waals surface area contributed by atoms with Crippen molar-refractivity contribution in [3.63, 3.8) is 0 Å². The Bertz CT molecular complexity index is 10100. The normalized spacial score (nSPS) is 12.5. The molecule has 0 N–H and O–H groups in total. The van der Waals surface area contributed by atoms with Crippen molar-refractivity contribution in [2.45, 2.75) is 0 Å². The molecular weight excluding hydrogens is 1580 g/mol. The summed E-state index contributed by atoms with van der Waals surface area (Å²) in [6, 6.07) is 142. The number of hydrogen-bond acceptors (Lipinski definition) is 6. The second-order valence-electron chi connectivity index (χ2n) is 34.3. The molecule has 0 aliphatic rings. The molecular formula is C116H64N10OS. The third-order valence-electron chi connectivity index (χ3n) is 27.7. The van der Waals surface area contributed by atoms with Gasteiger partial charge in [-0.25, -0.2) is 15.0 Å². The van der Waals surface area contributed by atoms with Crippen LogP contribution in [0.2, 0.25) is 0 Å². The Kier molecular flexibility index (Phi) is 13.6. The first-order valence-corrected chi connectivity index (χ1v) is 44.4. The fourth-order valence-corrected chi connectivity index (χ4v) is 23.4. The monoisotopic (exact) mass is 1640 g/mol. The van der Waals surface area contributed by atoms with Crippen molar-refractivity contribution in [2.24, 2.45) is 0 Å². The molecule has 18 aromatic carbocycles. The SMILES string of the molecule is c1ccc(-c2ccc3c4cc5c(c6ccccc6n5-c5nc(-c6ccc7c(c6)c6cc(-c8cccc(-c9ccc%10c%11cc%12c(c%13ccccc%13n%12-c%12nc(-c%13ccc%14c(c%13)c%13ccccc%13n%14-c%13ccccc%13)nc%13oc%14ccccc%14c%12%13)c%12c%13ccccc%13n(c%10c9)c%11%12)c8)ccc6n7-c6ccccc6)nc6sc7ccccc7c56)c5c6ccccc6n(c3c2)c45)cc1. The van der Waals surface area contributed by atoms with E-state index >= 15 is 0 Å². The molecule has 30 rings (SSSR count). The van der Waals surface area contributed by atoms with Gasteiger partial charge in [-0.05, 0) is 179 Å². The van der Waals surface area contributed by atoms with Gasteiger partial charge in [-0.15, -0.1) is 11.3 Å². The van der Waals surface area contributed by atoms with E-state index in [9.17, 15) is 0 Å². The van der Waals surface area contributed by atoms with Crippen LogP contribution < -0.4 is 0 Å². The average molecular weight is 1650 g/mol. The summed E-state index contributed by atoms with van der Waals surface area (Å²) in [5.41, 5.74) is 28.0. The molecule has 0 fully saturated rings. The van der Waals surface area contributed by atoms with Gasteiger partial charge in [0.2, 0.25) is 5.71 Å². The van der Waals surface area contributed by atoms with Crippen LogP contribution in [0.5, 0.6) is 0 Å². The predicted octanol–water partition coefficient (Wildman–Crippen LogP) is 30.6. The summed E-state index contributed by atoms with van der Waals surface area (Å²) in [5.74, 6) is 2.86. The van der Waals surface area contributed by atoms with Crippen molar-refractivity contribution >= 4 is 217 Å². The van der Waals surface area contributed by atoms with Crippen LogP contribution in [0.15, 0.2) is 393 Å². The molecule has 0 atom stereocenters. The Balaban J connectivity index is 0.578. The number of thiophene rings is 1. The molecule has 0 spiro atoms. The van der Waals surface area contributed by atoms with E-state index < -0.39 is 0 Å². The summed E-state index contributed by atoms with van der Waals surface area (Å²) in [5, 5.41) is 22.8. The molecule has 11 nitrogen and oxygen atoms in total. The molecule has 12 heteroatoms. The lowest BCUT2D eigenvalue weighted by molar-refractivity contribution is 0.653. The smallest absolute Gasteiger partial charge is 0.233 e. The van der Waals surface area contributed by atoms with Gasteiger partial charge in [0.15, 0.2) is 23.3 Å². The van der Waals surface area contributed by atoms with Gasteiger partial charge in [0, 0.05) is 124 Å². The van der Waals surface area contributed by atoms with E-state index in [1.165, 1.54) is 87.1 Å². The molecule has 0 amide bonds. The molecule has 12 heterocycles. The van der Waals surface area contributed by atoms with Gasteiger partial charge in [-0.2, -0.15) is 4.98 Å². The molecule has 0 aliphatic carbocycles. The third kappa shape index (κ3) is 9.22. The Hall–Kier alpha value is -17.1. The quantitative estimate of drug-likeness (QED) is 0.144. The van der Waals surface area contributed by atoms with Crippen LogP contribution in [-0.4, -0.2) is 47.0 Å². The standard InChI is InChI=1S/C116H64N10OS/c1-4-25-65(26-5-1)69-47-52-76-88-64-100-104(106-80-36-13-18-41-90(80)123(109(88)106)97(76)61-69)79-35-12-21-44-93(79)126(100)114-108-83-39-16-23-46-102(83)128-116(108)120-112(118-114)72-51-56-96-86(60-72)85-58-68(49-54-95(85)122(96)74-31-8-3-9-32-74)66-27-24-28-67(57-66)70-48-53-77-87-63-99-103(105-81-37-14-19-42-91(81)124(110(87)105)98(77)62-70)78-34-11-20-43-92(78)125(99)113-107-82-38-15-22-45-101(82)127-115(107)119-111(117-113)71-50-55-94-84(59-71)75-33-10-17-40-89(75)121(94)73-29-6-2-7-30-73/h1-64H. The first kappa shape index (κ1) is 68.5. The minimum Gasteiger partial charge on any atom is -0.437 e. The maximum absolute atomic E-state index is 6.86. The zero-order chi connectivity index (χ0) is 83.0. The van der Waals surface area contributed by atoms with E-state index in [1.54, 1.807) is 11.3 Å². The summed E-state index contributed by atoms with van der Waals surface area (Å²) < 4.78 is 22.7. The molecule has 0 saturated heterocycles. The number of para-hydroxylation sites is 8. The summed E-state index contributed by atoms with van der Waals surface area (Å²) in [7, 11) is 0. The van der Waals surface area contributed by atoms with E-state index in [2.05, 4.69) is 403 Å². The number of rotatable bonds is 9. The molecule has 0 radical (unpaired) electrons. The lowest BCUT2D eigenvalue weighted by atomic mass is 9.97. The summed E-state index contributed by atoms with van der Waals surface area (Å²) in [4.78, 5) is 23.7. The molecule has 30 aromatic rings. The van der Waals surface area contributed by atoms with Crippen LogP contribution in [0.25, 0.3) is 285 Å². The van der Waals surface area contributed by atoms with Gasteiger partial charge in [0.05, 0.1) is 88.0 Å². The highest BCUT2D eigenvalue weighted by Crippen LogP contribution is 2.53. The van der Waals surface area contributed by atoms with Crippen LogP contribution >= 0.6 is 11.3 Å². The lowest BCUT2D eigenvalue weighted by Gasteiger charge is -2.12. The minimum atomic E-state index is 0.531. The van der Waals surface area contributed by atoms with Gasteiger partial charge in [-0.3, -0.25) is 9.13 Å². The van der Waals surface area contributed by atoms with E-state index in [0.717, 1.165) is 181 Å². The van der Waals surface area contributed by atoms with Crippen LogP contribution in [-0.2, 0) is 0 Å². The molecule has 0 bridgehead atoms. The van der Waals surface area contributed by atoms with Crippen LogP contribution in [0.3, 0.4) is 0 Å². The van der Waals surface area contributed by atoms with E-state index in [0.29, 0.717) is 17.4 Å². The maximum Gasteiger partial charge on any atom is 0.233 e. The zero-order valence-corrected chi connectivity index (χ0v) is 69.1. The maximum atomic E-state index is 6.86. The largest absolute Gasteiger partial charge is 0.437 e. The average Bonchev–Trinajstić information content (AvgIpc) is 1.51. The Morgan fingerprint density at radius 2 is 0.586 bits per heavy atom. The molecule has 590 valence electrons. The summed E-state index contributed by atoms with van der Waals surface area (Å²) >= 11 is 1.73. The van der Waals surface area contributed by atoms with Crippen molar-refractivity contribution in [1.29, 1.82) is 0 Å². The van der Waals surface area contributed by atoms with Crippen molar-refractivity contribution in [1.82, 2.24) is 47.0 Å². The number of aromatic nitrogens is 10. The fourth-order valence-electron chi connectivity index (χ4n) is 22.3. The van der Waals surface area contributed by atoms with E-state index in [4.69, 9.17) is 24.4 Å². The van der Waals surface area contributed by atoms with Crippen LogP contribution in [0, 0.1) is 0 Å². The lowest BCUT2D eigenvalue weighted by Crippen LogP contribution is -2.02. The third-order valence-corrected chi connectivity index (χ3v) is 28.7. The number of nitrogens with zero attached hydrogens (tertiary/aromatic N) is 10. The van der Waals surface area contributed by atoms with E-state index in [1.807, 2.05) is 12.1 Å².